The molecule has 0 radical (unpaired) electrons. The molecule has 1 aromatic rings. The normalized spacial score (nSPS) is 10.3. The van der Waals surface area contributed by atoms with Crippen LogP contribution < -0.4 is 14.9 Å². The van der Waals surface area contributed by atoms with Crippen molar-refractivity contribution in [2.45, 2.75) is 6.61 Å². The molecule has 0 aliphatic heterocycles. The molecule has 2 N–H and O–H groups in total. The van der Waals surface area contributed by atoms with Crippen molar-refractivity contribution in [1.82, 2.24) is 0 Å². The highest BCUT2D eigenvalue weighted by molar-refractivity contribution is 6.59. The molecule has 0 heterocycles. The molecule has 1 aromatic carbocycles. The van der Waals surface area contributed by atoms with E-state index in [1.54, 1.807) is 0 Å². The van der Waals surface area contributed by atoms with Gasteiger partial charge in [0.05, 0.1) is 7.11 Å². The summed E-state index contributed by atoms with van der Waals surface area (Å²) in [5.41, 5.74) is -0.172. The van der Waals surface area contributed by atoms with Crippen molar-refractivity contribution in [2.24, 2.45) is 0 Å². The van der Waals surface area contributed by atoms with Gasteiger partial charge in [-0.15, -0.1) is 0 Å². The minimum Gasteiger partial charge on any atom is -0.497 e. The number of rotatable bonds is 4. The van der Waals surface area contributed by atoms with Crippen LogP contribution in [0.4, 0.5) is 8.78 Å². The van der Waals surface area contributed by atoms with Gasteiger partial charge in [0.1, 0.15) is 11.5 Å². The van der Waals surface area contributed by atoms with Crippen molar-refractivity contribution in [2.75, 3.05) is 7.11 Å². The molecule has 0 aliphatic carbocycles. The van der Waals surface area contributed by atoms with Crippen molar-refractivity contribution in [3.63, 3.8) is 0 Å². The fourth-order valence-corrected chi connectivity index (χ4v) is 1.06. The Bertz CT molecular complexity index is 332. The van der Waals surface area contributed by atoms with E-state index in [9.17, 15) is 8.78 Å². The lowest BCUT2D eigenvalue weighted by Crippen LogP contribution is -2.32. The van der Waals surface area contributed by atoms with Crippen molar-refractivity contribution >= 4 is 12.6 Å². The van der Waals surface area contributed by atoms with Gasteiger partial charge in [-0.3, -0.25) is 0 Å². The van der Waals surface area contributed by atoms with Crippen LogP contribution in [0.15, 0.2) is 18.2 Å². The molecule has 0 amide bonds. The lowest BCUT2D eigenvalue weighted by atomic mass is 9.79. The first-order chi connectivity index (χ1) is 7.04. The molecule has 0 aliphatic rings. The van der Waals surface area contributed by atoms with E-state index in [-0.39, 0.29) is 11.2 Å². The minimum absolute atomic E-state index is 0.172. The zero-order chi connectivity index (χ0) is 11.4. The Balaban J connectivity index is 3.03. The Morgan fingerprint density at radius 2 is 2.00 bits per heavy atom. The van der Waals surface area contributed by atoms with Crippen LogP contribution in [-0.4, -0.2) is 30.9 Å². The van der Waals surface area contributed by atoms with Crippen molar-refractivity contribution in [3.8, 4) is 11.5 Å². The highest BCUT2D eigenvalue weighted by atomic mass is 19.3. The molecule has 0 bridgehead atoms. The number of halogens is 2. The topological polar surface area (TPSA) is 58.9 Å². The number of methoxy groups -OCH3 is 1. The van der Waals surface area contributed by atoms with Gasteiger partial charge >= 0.3 is 13.7 Å². The van der Waals surface area contributed by atoms with Gasteiger partial charge in [0, 0.05) is 5.46 Å². The molecule has 1 rings (SSSR count). The predicted molar refractivity (Wildman–Crippen MR) is 49.5 cm³/mol. The molecule has 7 heteroatoms. The standard InChI is InChI=1S/C8H9BF2O4/c1-14-5-2-3-7(15-8(10)11)6(4-5)9(12)13/h2-4,8,12-13H,1H3. The average molecular weight is 218 g/mol. The van der Waals surface area contributed by atoms with Gasteiger partial charge < -0.3 is 19.5 Å². The summed E-state index contributed by atoms with van der Waals surface area (Å²) in [4.78, 5) is 0. The molecule has 0 atom stereocenters. The highest BCUT2D eigenvalue weighted by Gasteiger charge is 2.20. The fraction of sp³-hybridized carbons (Fsp3) is 0.250. The van der Waals surface area contributed by atoms with Crippen molar-refractivity contribution in [3.05, 3.63) is 18.2 Å². The summed E-state index contributed by atoms with van der Waals surface area (Å²) in [6.45, 7) is -3.02. The van der Waals surface area contributed by atoms with E-state index in [0.717, 1.165) is 0 Å². The van der Waals surface area contributed by atoms with Crippen LogP contribution in [0.1, 0.15) is 0 Å². The smallest absolute Gasteiger partial charge is 0.492 e. The van der Waals surface area contributed by atoms with E-state index in [0.29, 0.717) is 5.75 Å². The molecule has 0 unspecified atom stereocenters. The number of hydrogen-bond donors (Lipinski definition) is 2. The largest absolute Gasteiger partial charge is 0.497 e. The molecule has 0 fully saturated rings. The van der Waals surface area contributed by atoms with Gasteiger partial charge in [-0.25, -0.2) is 0 Å². The predicted octanol–water partition coefficient (Wildman–Crippen LogP) is -0.0236. The summed E-state index contributed by atoms with van der Waals surface area (Å²) in [5.74, 6) is 0.0283. The van der Waals surface area contributed by atoms with Crippen LogP contribution in [0.2, 0.25) is 0 Å². The summed E-state index contributed by atoms with van der Waals surface area (Å²) in [7, 11) is -0.523. The second-order valence-corrected chi connectivity index (χ2v) is 2.66. The number of ether oxygens (including phenoxy) is 2. The average Bonchev–Trinajstić information content (AvgIpc) is 2.17. The van der Waals surface area contributed by atoms with E-state index in [1.807, 2.05) is 0 Å². The molecule has 0 saturated heterocycles. The van der Waals surface area contributed by atoms with E-state index in [2.05, 4.69) is 4.74 Å². The van der Waals surface area contributed by atoms with Gasteiger partial charge in [-0.2, -0.15) is 8.78 Å². The van der Waals surface area contributed by atoms with Gasteiger partial charge in [-0.05, 0) is 18.2 Å². The zero-order valence-electron chi connectivity index (χ0n) is 7.85. The molecular weight excluding hydrogens is 209 g/mol. The Hall–Kier alpha value is -1.34. The van der Waals surface area contributed by atoms with Crippen LogP contribution in [0.5, 0.6) is 11.5 Å². The summed E-state index contributed by atoms with van der Waals surface area (Å²) < 4.78 is 32.8. The lowest BCUT2D eigenvalue weighted by Gasteiger charge is -2.11. The minimum atomic E-state index is -3.02. The van der Waals surface area contributed by atoms with Crippen LogP contribution in [0, 0.1) is 0 Å². The summed E-state index contributed by atoms with van der Waals surface area (Å²) >= 11 is 0. The quantitative estimate of drug-likeness (QED) is 0.697. The first kappa shape index (κ1) is 11.7. The molecular formula is C8H9BF2O4. The maximum Gasteiger partial charge on any atom is 0.492 e. The van der Waals surface area contributed by atoms with Gasteiger partial charge in [0.25, 0.3) is 0 Å². The number of benzene rings is 1. The molecule has 15 heavy (non-hydrogen) atoms. The zero-order valence-corrected chi connectivity index (χ0v) is 7.85. The van der Waals surface area contributed by atoms with E-state index in [1.165, 1.54) is 25.3 Å². The summed E-state index contributed by atoms with van der Waals surface area (Å²) in [6.07, 6.45) is 0. The maximum atomic E-state index is 11.9. The number of alkyl halides is 2. The third kappa shape index (κ3) is 3.07. The van der Waals surface area contributed by atoms with Crippen molar-refractivity contribution < 1.29 is 28.3 Å². The van der Waals surface area contributed by atoms with Crippen molar-refractivity contribution in [1.29, 1.82) is 0 Å². The molecule has 0 spiro atoms. The second-order valence-electron chi connectivity index (χ2n) is 2.66. The van der Waals surface area contributed by atoms with E-state index >= 15 is 0 Å². The Kier molecular flexibility index (Phi) is 3.87. The first-order valence-electron chi connectivity index (χ1n) is 4.03. The Labute approximate surface area is 85.2 Å². The van der Waals surface area contributed by atoms with E-state index < -0.39 is 13.7 Å². The monoisotopic (exact) mass is 218 g/mol. The maximum absolute atomic E-state index is 11.9. The summed E-state index contributed by atoms with van der Waals surface area (Å²) in [6, 6.07) is 3.77. The van der Waals surface area contributed by atoms with Crippen LogP contribution in [0.3, 0.4) is 0 Å². The van der Waals surface area contributed by atoms with Gasteiger partial charge in [0.15, 0.2) is 0 Å². The number of hydrogen-bond acceptors (Lipinski definition) is 4. The third-order valence-corrected chi connectivity index (χ3v) is 1.71. The molecule has 0 aromatic heterocycles. The second kappa shape index (κ2) is 4.95. The molecule has 0 saturated carbocycles. The summed E-state index contributed by atoms with van der Waals surface area (Å²) in [5, 5.41) is 17.8. The SMILES string of the molecule is COc1ccc(OC(F)F)c(B(O)O)c1. The van der Waals surface area contributed by atoms with Gasteiger partial charge in [0.2, 0.25) is 0 Å². The Morgan fingerprint density at radius 3 is 2.47 bits per heavy atom. The lowest BCUT2D eigenvalue weighted by molar-refractivity contribution is -0.0492. The molecule has 82 valence electrons. The molecule has 4 nitrogen and oxygen atoms in total. The fourth-order valence-electron chi connectivity index (χ4n) is 1.06. The van der Waals surface area contributed by atoms with Crippen LogP contribution >= 0.6 is 0 Å². The van der Waals surface area contributed by atoms with Crippen LogP contribution in [0.25, 0.3) is 0 Å². The highest BCUT2D eigenvalue weighted by Crippen LogP contribution is 2.17. The van der Waals surface area contributed by atoms with Gasteiger partial charge in [-0.1, -0.05) is 0 Å². The Morgan fingerprint density at radius 1 is 1.33 bits per heavy atom. The van der Waals surface area contributed by atoms with E-state index in [4.69, 9.17) is 14.8 Å². The third-order valence-electron chi connectivity index (χ3n) is 1.71. The first-order valence-corrected chi connectivity index (χ1v) is 4.03. The van der Waals surface area contributed by atoms with Crippen LogP contribution in [-0.2, 0) is 0 Å².